The van der Waals surface area contributed by atoms with Crippen LogP contribution in [0.4, 0.5) is 0 Å². The van der Waals surface area contributed by atoms with Gasteiger partial charge in [0.2, 0.25) is 0 Å². The van der Waals surface area contributed by atoms with E-state index in [4.69, 9.17) is 15.8 Å². The fourth-order valence-corrected chi connectivity index (χ4v) is 0.955. The third-order valence-corrected chi connectivity index (χ3v) is 1.63. The fourth-order valence-electron chi connectivity index (χ4n) is 0.955. The first-order chi connectivity index (χ1) is 6.19. The van der Waals surface area contributed by atoms with Crippen molar-refractivity contribution in [2.75, 3.05) is 0 Å². The zero-order chi connectivity index (χ0) is 9.84. The van der Waals surface area contributed by atoms with Crippen LogP contribution in [-0.2, 0) is 6.54 Å². The van der Waals surface area contributed by atoms with Crippen LogP contribution in [0, 0.1) is 0 Å². The van der Waals surface area contributed by atoms with Crippen LogP contribution < -0.4 is 11.2 Å². The minimum Gasteiger partial charge on any atom is -0.423 e. The van der Waals surface area contributed by atoms with E-state index in [9.17, 15) is 4.79 Å². The Morgan fingerprint density at radius 1 is 1.62 bits per heavy atom. The molecule has 68 valence electrons. The zero-order valence-electron chi connectivity index (χ0n) is 6.84. The van der Waals surface area contributed by atoms with E-state index in [-0.39, 0.29) is 17.7 Å². The Labute approximate surface area is 75.4 Å². The number of nitrogens with zero attached hydrogens (tertiary/aromatic N) is 1. The largest absolute Gasteiger partial charge is 0.490 e. The van der Waals surface area contributed by atoms with Gasteiger partial charge >= 0.3 is 7.12 Å². The molecular weight excluding hydrogens is 171 g/mol. The van der Waals surface area contributed by atoms with Crippen molar-refractivity contribution in [1.82, 2.24) is 4.98 Å². The van der Waals surface area contributed by atoms with Gasteiger partial charge in [-0.2, -0.15) is 0 Å². The molecule has 4 N–H and O–H groups in total. The molecule has 0 saturated heterocycles. The van der Waals surface area contributed by atoms with Crippen LogP contribution in [0.15, 0.2) is 12.3 Å². The molecule has 13 heavy (non-hydrogen) atoms. The predicted octanol–water partition coefficient (Wildman–Crippen LogP) is -1.97. The van der Waals surface area contributed by atoms with Gasteiger partial charge in [-0.15, -0.1) is 0 Å². The number of nitrogens with two attached hydrogens (primary N) is 1. The molecule has 1 aromatic rings. The Morgan fingerprint density at radius 3 is 2.77 bits per heavy atom. The molecule has 0 aliphatic heterocycles. The molecule has 0 amide bonds. The van der Waals surface area contributed by atoms with Gasteiger partial charge in [0.05, 0.1) is 0 Å². The molecule has 6 heteroatoms. The first kappa shape index (κ1) is 9.85. The van der Waals surface area contributed by atoms with Gasteiger partial charge < -0.3 is 15.8 Å². The number of aldehydes is 1. The van der Waals surface area contributed by atoms with Gasteiger partial charge in [-0.25, -0.2) is 0 Å². The summed E-state index contributed by atoms with van der Waals surface area (Å²) < 4.78 is 0. The van der Waals surface area contributed by atoms with E-state index < -0.39 is 7.12 Å². The van der Waals surface area contributed by atoms with Crippen molar-refractivity contribution in [2.45, 2.75) is 6.54 Å². The van der Waals surface area contributed by atoms with Gasteiger partial charge in [-0.05, 0) is 5.56 Å². The quantitative estimate of drug-likeness (QED) is 0.370. The summed E-state index contributed by atoms with van der Waals surface area (Å²) in [6.07, 6.45) is 1.89. The molecule has 1 heterocycles. The highest BCUT2D eigenvalue weighted by Gasteiger charge is 2.16. The summed E-state index contributed by atoms with van der Waals surface area (Å²) >= 11 is 0. The maximum atomic E-state index is 10.4. The maximum Gasteiger partial charge on any atom is 0.490 e. The summed E-state index contributed by atoms with van der Waals surface area (Å²) in [5.41, 5.74) is 6.07. The van der Waals surface area contributed by atoms with Gasteiger partial charge in [0, 0.05) is 18.2 Å². The lowest BCUT2D eigenvalue weighted by Gasteiger charge is -2.04. The third-order valence-electron chi connectivity index (χ3n) is 1.63. The van der Waals surface area contributed by atoms with Crippen molar-refractivity contribution in [3.8, 4) is 0 Å². The number of rotatable bonds is 3. The lowest BCUT2D eigenvalue weighted by atomic mass is 9.78. The fraction of sp³-hybridized carbons (Fsp3) is 0.143. The minimum absolute atomic E-state index is 0.0206. The summed E-state index contributed by atoms with van der Waals surface area (Å²) in [6, 6.07) is 1.45. The SMILES string of the molecule is NCc1cnc(C=O)c(B(O)O)c1. The van der Waals surface area contributed by atoms with E-state index in [0.29, 0.717) is 11.8 Å². The highest BCUT2D eigenvalue weighted by atomic mass is 16.4. The lowest BCUT2D eigenvalue weighted by Crippen LogP contribution is -2.34. The highest BCUT2D eigenvalue weighted by Crippen LogP contribution is 1.95. The number of carbonyl (C=O) groups excluding carboxylic acids is 1. The van der Waals surface area contributed by atoms with Crippen molar-refractivity contribution in [3.63, 3.8) is 0 Å². The topological polar surface area (TPSA) is 96.4 Å². The van der Waals surface area contributed by atoms with Crippen molar-refractivity contribution >= 4 is 18.9 Å². The smallest absolute Gasteiger partial charge is 0.423 e. The molecule has 0 saturated carbocycles. The van der Waals surface area contributed by atoms with Crippen LogP contribution in [-0.4, -0.2) is 28.4 Å². The van der Waals surface area contributed by atoms with Gasteiger partial charge in [0.25, 0.3) is 0 Å². The predicted molar refractivity (Wildman–Crippen MR) is 47.3 cm³/mol. The van der Waals surface area contributed by atoms with E-state index in [1.807, 2.05) is 0 Å². The van der Waals surface area contributed by atoms with E-state index >= 15 is 0 Å². The summed E-state index contributed by atoms with van der Waals surface area (Å²) in [4.78, 5) is 14.1. The third kappa shape index (κ3) is 2.12. The normalized spacial score (nSPS) is 9.77. The Morgan fingerprint density at radius 2 is 2.31 bits per heavy atom. The van der Waals surface area contributed by atoms with E-state index in [1.54, 1.807) is 0 Å². The van der Waals surface area contributed by atoms with Crippen LogP contribution in [0.1, 0.15) is 16.1 Å². The van der Waals surface area contributed by atoms with Crippen LogP contribution in [0.25, 0.3) is 0 Å². The van der Waals surface area contributed by atoms with Gasteiger partial charge in [-0.3, -0.25) is 9.78 Å². The number of hydrogen-bond donors (Lipinski definition) is 3. The Kier molecular flexibility index (Phi) is 3.13. The van der Waals surface area contributed by atoms with E-state index in [1.165, 1.54) is 12.3 Å². The Balaban J connectivity index is 3.17. The second-order valence-corrected chi connectivity index (χ2v) is 2.51. The first-order valence-corrected chi connectivity index (χ1v) is 3.69. The van der Waals surface area contributed by atoms with Gasteiger partial charge in [0.15, 0.2) is 6.29 Å². The maximum absolute atomic E-state index is 10.4. The van der Waals surface area contributed by atoms with Crippen LogP contribution in [0.5, 0.6) is 0 Å². The van der Waals surface area contributed by atoms with Crippen LogP contribution in [0.2, 0.25) is 0 Å². The average Bonchev–Trinajstić information content (AvgIpc) is 2.16. The van der Waals surface area contributed by atoms with Crippen LogP contribution >= 0.6 is 0 Å². The summed E-state index contributed by atoms with van der Waals surface area (Å²) in [5.74, 6) is 0. The number of aromatic nitrogens is 1. The molecule has 0 radical (unpaired) electrons. The molecule has 1 rings (SSSR count). The molecule has 0 fully saturated rings. The molecule has 0 aliphatic rings. The molecule has 1 aromatic heterocycles. The van der Waals surface area contributed by atoms with Crippen molar-refractivity contribution in [3.05, 3.63) is 23.5 Å². The average molecular weight is 180 g/mol. The second kappa shape index (κ2) is 4.13. The highest BCUT2D eigenvalue weighted by molar-refractivity contribution is 6.59. The standard InChI is InChI=1S/C7H9BN2O3/c9-2-5-1-6(8(12)13)7(4-11)10-3-5/h1,3-4,12-13H,2,9H2. The number of pyridine rings is 1. The minimum atomic E-state index is -1.70. The Bertz CT molecular complexity index is 317. The molecule has 0 atom stereocenters. The number of hydrogen-bond acceptors (Lipinski definition) is 5. The first-order valence-electron chi connectivity index (χ1n) is 3.69. The van der Waals surface area contributed by atoms with E-state index in [0.717, 1.165) is 0 Å². The molecule has 0 spiro atoms. The molecule has 0 bridgehead atoms. The Hall–Kier alpha value is -1.24. The molecule has 0 unspecified atom stereocenters. The monoisotopic (exact) mass is 180 g/mol. The molecule has 5 nitrogen and oxygen atoms in total. The summed E-state index contributed by atoms with van der Waals surface area (Å²) in [6.45, 7) is 0.242. The zero-order valence-corrected chi connectivity index (χ0v) is 6.84. The molecular formula is C7H9BN2O3. The summed E-state index contributed by atoms with van der Waals surface area (Å²) in [7, 11) is -1.70. The van der Waals surface area contributed by atoms with E-state index in [2.05, 4.69) is 4.98 Å². The number of carbonyl (C=O) groups is 1. The summed E-state index contributed by atoms with van der Waals surface area (Å²) in [5, 5.41) is 17.7. The van der Waals surface area contributed by atoms with Crippen LogP contribution in [0.3, 0.4) is 0 Å². The van der Waals surface area contributed by atoms with Gasteiger partial charge in [-0.1, -0.05) is 6.07 Å². The van der Waals surface area contributed by atoms with Crippen molar-refractivity contribution < 1.29 is 14.8 Å². The molecule has 0 aliphatic carbocycles. The van der Waals surface area contributed by atoms with Crippen molar-refractivity contribution in [2.24, 2.45) is 5.73 Å². The van der Waals surface area contributed by atoms with Gasteiger partial charge in [0.1, 0.15) is 5.69 Å². The van der Waals surface area contributed by atoms with Crippen molar-refractivity contribution in [1.29, 1.82) is 0 Å². The lowest BCUT2D eigenvalue weighted by molar-refractivity contribution is 0.111. The second-order valence-electron chi connectivity index (χ2n) is 2.51. The molecule has 0 aromatic carbocycles.